The second-order valence-electron chi connectivity index (χ2n) is 7.48. The van der Waals surface area contributed by atoms with Crippen molar-refractivity contribution < 1.29 is 22.7 Å². The van der Waals surface area contributed by atoms with Crippen LogP contribution in [0.5, 0.6) is 5.88 Å². The van der Waals surface area contributed by atoms with Gasteiger partial charge in [0.25, 0.3) is 0 Å². The molecule has 2 aliphatic rings. The van der Waals surface area contributed by atoms with E-state index in [-0.39, 0.29) is 22.5 Å². The van der Waals surface area contributed by atoms with Crippen molar-refractivity contribution in [2.45, 2.75) is 37.9 Å². The fraction of sp³-hybridized carbons (Fsp3) is 0.500. The minimum atomic E-state index is -5.11. The van der Waals surface area contributed by atoms with Gasteiger partial charge in [-0.15, -0.1) is 0 Å². The lowest BCUT2D eigenvalue weighted by Gasteiger charge is -2.59. The molecule has 1 spiro atoms. The molecule has 0 bridgehead atoms. The van der Waals surface area contributed by atoms with Crippen LogP contribution < -0.4 is 15.0 Å². The summed E-state index contributed by atoms with van der Waals surface area (Å²) in [6.07, 6.45) is -2.59. The number of rotatable bonds is 3. The quantitative estimate of drug-likeness (QED) is 0.613. The Bertz CT molecular complexity index is 954. The molecule has 2 aromatic rings. The molecule has 0 saturated carbocycles. The van der Waals surface area contributed by atoms with Gasteiger partial charge >= 0.3 is 12.1 Å². The molecular formula is C18H18ClF3N4O2. The number of ether oxygens (including phenoxy) is 1. The van der Waals surface area contributed by atoms with Crippen molar-refractivity contribution in [2.75, 3.05) is 24.5 Å². The lowest BCUT2D eigenvalue weighted by atomic mass is 9.79. The van der Waals surface area contributed by atoms with Crippen molar-refractivity contribution in [3.8, 4) is 5.88 Å². The van der Waals surface area contributed by atoms with Gasteiger partial charge < -0.3 is 15.0 Å². The van der Waals surface area contributed by atoms with E-state index in [1.54, 1.807) is 26.1 Å². The van der Waals surface area contributed by atoms with Crippen LogP contribution >= 0.6 is 11.6 Å². The van der Waals surface area contributed by atoms with Gasteiger partial charge in [0.1, 0.15) is 11.0 Å². The summed E-state index contributed by atoms with van der Waals surface area (Å²) in [6, 6.07) is 1.58. The highest BCUT2D eigenvalue weighted by molar-refractivity contribution is 6.30. The number of halogens is 4. The molecule has 0 aromatic carbocycles. The summed E-state index contributed by atoms with van der Waals surface area (Å²) < 4.78 is 43.2. The predicted octanol–water partition coefficient (Wildman–Crippen LogP) is 3.43. The molecule has 10 heteroatoms. The minimum absolute atomic E-state index is 0.107. The van der Waals surface area contributed by atoms with E-state index in [1.165, 1.54) is 0 Å². The van der Waals surface area contributed by atoms with Crippen LogP contribution in [0.2, 0.25) is 5.15 Å². The second kappa shape index (κ2) is 6.45. The molecule has 1 N–H and O–H groups in total. The fourth-order valence-corrected chi connectivity index (χ4v) is 3.96. The largest absolute Gasteiger partial charge is 0.491 e. The maximum absolute atomic E-state index is 12.8. The van der Waals surface area contributed by atoms with Crippen molar-refractivity contribution in [3.63, 3.8) is 0 Å². The Hall–Kier alpha value is -2.13. The highest BCUT2D eigenvalue weighted by Gasteiger charge is 2.51. The Morgan fingerprint density at radius 3 is 2.57 bits per heavy atom. The number of anilines is 1. The number of carbonyl (C=O) groups is 1. The van der Waals surface area contributed by atoms with Crippen LogP contribution in [0.25, 0.3) is 10.8 Å². The highest BCUT2D eigenvalue weighted by atomic mass is 35.5. The molecule has 2 saturated heterocycles. The smallest absolute Gasteiger partial charge is 0.400 e. The summed E-state index contributed by atoms with van der Waals surface area (Å²) in [5.41, 5.74) is 0.284. The molecule has 6 nitrogen and oxygen atoms in total. The van der Waals surface area contributed by atoms with Crippen molar-refractivity contribution in [3.05, 3.63) is 23.0 Å². The average Bonchev–Trinajstić information content (AvgIpc) is 2.50. The average molecular weight is 415 g/mol. The maximum atomic E-state index is 12.8. The Morgan fingerprint density at radius 1 is 1.36 bits per heavy atom. The molecule has 4 rings (SSSR count). The third-order valence-electron chi connectivity index (χ3n) is 5.37. The number of aromatic nitrogens is 2. The Morgan fingerprint density at radius 2 is 2.07 bits per heavy atom. The second-order valence-corrected chi connectivity index (χ2v) is 7.87. The van der Waals surface area contributed by atoms with Crippen LogP contribution in [0.1, 0.15) is 31.7 Å². The van der Waals surface area contributed by atoms with Crippen LogP contribution in [0, 0.1) is 0 Å². The van der Waals surface area contributed by atoms with Gasteiger partial charge in [-0.25, -0.2) is 9.78 Å². The summed E-state index contributed by atoms with van der Waals surface area (Å²) in [4.78, 5) is 22.1. The number of fused-ring (bicyclic) bond motifs is 1. The lowest BCUT2D eigenvalue weighted by Crippen LogP contribution is -2.76. The van der Waals surface area contributed by atoms with E-state index in [9.17, 15) is 18.0 Å². The van der Waals surface area contributed by atoms with E-state index < -0.39 is 12.1 Å². The maximum Gasteiger partial charge on any atom is 0.491 e. The summed E-state index contributed by atoms with van der Waals surface area (Å²) in [5.74, 6) is -2.43. The van der Waals surface area contributed by atoms with E-state index in [2.05, 4.69) is 15.3 Å². The van der Waals surface area contributed by atoms with Crippen LogP contribution in [-0.4, -0.2) is 47.3 Å². The third kappa shape index (κ3) is 2.97. The number of hydrogen-bond donors (Lipinski definition) is 1. The van der Waals surface area contributed by atoms with E-state index in [4.69, 9.17) is 16.3 Å². The van der Waals surface area contributed by atoms with Gasteiger partial charge in [0.2, 0.25) is 5.88 Å². The molecule has 2 aliphatic heterocycles. The molecule has 0 atom stereocenters. The molecular weight excluding hydrogens is 397 g/mol. The normalized spacial score (nSPS) is 18.3. The number of nitrogens with zero attached hydrogens (tertiary/aromatic N) is 3. The molecule has 0 amide bonds. The Kier molecular flexibility index (Phi) is 4.42. The van der Waals surface area contributed by atoms with Gasteiger partial charge in [0, 0.05) is 36.8 Å². The van der Waals surface area contributed by atoms with Crippen LogP contribution in [0.4, 0.5) is 19.0 Å². The van der Waals surface area contributed by atoms with Gasteiger partial charge in [0.05, 0.1) is 5.54 Å². The molecule has 2 aromatic heterocycles. The summed E-state index contributed by atoms with van der Waals surface area (Å²) in [6.45, 7) is 5.81. The minimum Gasteiger partial charge on any atom is -0.400 e. The first kappa shape index (κ1) is 19.2. The third-order valence-corrected chi connectivity index (χ3v) is 5.58. The zero-order valence-electron chi connectivity index (χ0n) is 15.2. The van der Waals surface area contributed by atoms with Crippen molar-refractivity contribution in [1.82, 2.24) is 15.3 Å². The molecule has 0 radical (unpaired) electrons. The fourth-order valence-electron chi connectivity index (χ4n) is 3.80. The number of esters is 1. The lowest BCUT2D eigenvalue weighted by molar-refractivity contribution is -0.190. The first-order valence-electron chi connectivity index (χ1n) is 8.89. The van der Waals surface area contributed by atoms with Crippen molar-refractivity contribution in [2.24, 2.45) is 0 Å². The molecule has 150 valence electrons. The van der Waals surface area contributed by atoms with Gasteiger partial charge in [-0.3, -0.25) is 0 Å². The number of alkyl halides is 3. The topological polar surface area (TPSA) is 67.3 Å². The molecule has 0 unspecified atom stereocenters. The summed E-state index contributed by atoms with van der Waals surface area (Å²) >= 11 is 6.06. The number of nitrogens with one attached hydrogen (secondary N) is 1. The summed E-state index contributed by atoms with van der Waals surface area (Å²) in [5, 5.41) is 4.67. The first-order chi connectivity index (χ1) is 13.1. The summed E-state index contributed by atoms with van der Waals surface area (Å²) in [7, 11) is 0. The highest BCUT2D eigenvalue weighted by Crippen LogP contribution is 2.44. The number of pyridine rings is 2. The van der Waals surface area contributed by atoms with Gasteiger partial charge in [-0.1, -0.05) is 25.4 Å². The SMILES string of the molecule is CC(C)c1c(OC(=O)C(F)(F)F)nc(N2CCC23CNC3)c2cnc(Cl)cc12. The van der Waals surface area contributed by atoms with Crippen LogP contribution in [0.15, 0.2) is 12.3 Å². The molecule has 4 heterocycles. The van der Waals surface area contributed by atoms with E-state index in [1.807, 2.05) is 4.90 Å². The van der Waals surface area contributed by atoms with Gasteiger partial charge in [-0.05, 0) is 23.8 Å². The number of hydrogen-bond acceptors (Lipinski definition) is 6. The van der Waals surface area contributed by atoms with E-state index in [0.29, 0.717) is 28.7 Å². The Labute approximate surface area is 164 Å². The standard InChI is InChI=1S/C18H18ClF3N4O2/c1-9(2)13-10-5-12(19)24-6-11(10)14(26-4-3-17(26)7-23-8-17)25-15(13)28-16(27)18(20,21)22/h5-6,9,23H,3-4,7-8H2,1-2H3. The first-order valence-corrected chi connectivity index (χ1v) is 9.27. The van der Waals surface area contributed by atoms with Crippen molar-refractivity contribution in [1.29, 1.82) is 0 Å². The Balaban J connectivity index is 1.91. The van der Waals surface area contributed by atoms with Crippen LogP contribution in [-0.2, 0) is 4.79 Å². The van der Waals surface area contributed by atoms with Gasteiger partial charge in [0.15, 0.2) is 0 Å². The molecule has 2 fully saturated rings. The van der Waals surface area contributed by atoms with Crippen LogP contribution in [0.3, 0.4) is 0 Å². The zero-order chi connectivity index (χ0) is 20.3. The van der Waals surface area contributed by atoms with Gasteiger partial charge in [-0.2, -0.15) is 18.2 Å². The molecule has 28 heavy (non-hydrogen) atoms. The predicted molar refractivity (Wildman–Crippen MR) is 97.9 cm³/mol. The van der Waals surface area contributed by atoms with Crippen molar-refractivity contribution >= 4 is 34.2 Å². The zero-order valence-corrected chi connectivity index (χ0v) is 16.0. The van der Waals surface area contributed by atoms with E-state index >= 15 is 0 Å². The molecule has 0 aliphatic carbocycles. The monoisotopic (exact) mass is 414 g/mol. The number of carbonyl (C=O) groups excluding carboxylic acids is 1. The van der Waals surface area contributed by atoms with E-state index in [0.717, 1.165) is 19.5 Å².